The fourth-order valence-electron chi connectivity index (χ4n) is 2.56. The number of carbonyl (C=O) groups excluding carboxylic acids is 1. The van der Waals surface area contributed by atoms with Gasteiger partial charge in [0.25, 0.3) is 0 Å². The Labute approximate surface area is 129 Å². The third kappa shape index (κ3) is 3.49. The van der Waals surface area contributed by atoms with Crippen molar-refractivity contribution in [3.63, 3.8) is 0 Å². The topological polar surface area (TPSA) is 63.5 Å². The fourth-order valence-corrected chi connectivity index (χ4v) is 2.56. The van der Waals surface area contributed by atoms with Gasteiger partial charge in [0.15, 0.2) is 0 Å². The number of hydrogen-bond donors (Lipinski definition) is 2. The summed E-state index contributed by atoms with van der Waals surface area (Å²) >= 11 is 0. The molecule has 0 aliphatic carbocycles. The molecule has 3 rings (SSSR count). The first kappa shape index (κ1) is 15.7. The lowest BCUT2D eigenvalue weighted by atomic mass is 10.1. The van der Waals surface area contributed by atoms with Crippen molar-refractivity contribution in [2.24, 2.45) is 0 Å². The van der Waals surface area contributed by atoms with Gasteiger partial charge < -0.3 is 19.8 Å². The van der Waals surface area contributed by atoms with E-state index < -0.39 is 0 Å². The van der Waals surface area contributed by atoms with Gasteiger partial charge in [0, 0.05) is 29.6 Å². The molecule has 1 unspecified atom stereocenters. The number of nitrogens with one attached hydrogen (secondary N) is 2. The monoisotopic (exact) mass is 310 g/mol. The molecule has 1 fully saturated rings. The van der Waals surface area contributed by atoms with Gasteiger partial charge in [-0.1, -0.05) is 0 Å². The van der Waals surface area contributed by atoms with Crippen molar-refractivity contribution in [1.82, 2.24) is 10.6 Å². The molecule has 0 spiro atoms. The number of fused-ring (bicyclic) bond motifs is 1. The average molecular weight is 311 g/mol. The maximum absolute atomic E-state index is 12.0. The summed E-state index contributed by atoms with van der Waals surface area (Å²) in [5.41, 5.74) is 1.65. The smallest absolute Gasteiger partial charge is 0.224 e. The van der Waals surface area contributed by atoms with Crippen molar-refractivity contribution in [3.8, 4) is 5.75 Å². The van der Waals surface area contributed by atoms with Gasteiger partial charge in [0.05, 0.1) is 19.8 Å². The molecule has 1 amide bonds. The Kier molecular flexibility index (Phi) is 5.09. The number of benzene rings is 1. The van der Waals surface area contributed by atoms with Gasteiger partial charge in [-0.2, -0.15) is 0 Å². The highest BCUT2D eigenvalue weighted by Crippen LogP contribution is 2.25. The molecule has 0 radical (unpaired) electrons. The summed E-state index contributed by atoms with van der Waals surface area (Å²) in [6.45, 7) is 1.83. The van der Waals surface area contributed by atoms with Crippen molar-refractivity contribution >= 4 is 29.3 Å². The van der Waals surface area contributed by atoms with E-state index >= 15 is 0 Å². The second-order valence-corrected chi connectivity index (χ2v) is 5.06. The van der Waals surface area contributed by atoms with E-state index in [1.54, 1.807) is 13.4 Å². The minimum atomic E-state index is 0. The normalized spacial score (nSPS) is 17.5. The van der Waals surface area contributed by atoms with Crippen LogP contribution in [0, 0.1) is 0 Å². The molecule has 114 valence electrons. The molecule has 1 aromatic carbocycles. The van der Waals surface area contributed by atoms with Crippen LogP contribution in [-0.4, -0.2) is 32.1 Å². The van der Waals surface area contributed by atoms with Crippen molar-refractivity contribution < 1.29 is 13.9 Å². The van der Waals surface area contributed by atoms with E-state index in [1.807, 2.05) is 18.2 Å². The van der Waals surface area contributed by atoms with E-state index in [1.165, 1.54) is 0 Å². The zero-order chi connectivity index (χ0) is 13.9. The first-order chi connectivity index (χ1) is 9.76. The van der Waals surface area contributed by atoms with Crippen LogP contribution >= 0.6 is 12.4 Å². The standard InChI is InChI=1S/C15H18N2O3.ClH/c1-19-12-2-3-13-10(9-20-14(13)7-12)6-15(18)17-11-4-5-16-8-11;/h2-3,7,9,11,16H,4-6,8H2,1H3,(H,17,18);1H. The van der Waals surface area contributed by atoms with E-state index in [2.05, 4.69) is 10.6 Å². The Morgan fingerprint density at radius 3 is 3.10 bits per heavy atom. The third-order valence-electron chi connectivity index (χ3n) is 3.64. The SMILES string of the molecule is COc1ccc2c(CC(=O)NC3CCNC3)coc2c1.Cl. The lowest BCUT2D eigenvalue weighted by molar-refractivity contribution is -0.121. The zero-order valence-corrected chi connectivity index (χ0v) is 12.7. The predicted molar refractivity (Wildman–Crippen MR) is 83.1 cm³/mol. The minimum Gasteiger partial charge on any atom is -0.497 e. The van der Waals surface area contributed by atoms with Gasteiger partial charge in [0.1, 0.15) is 11.3 Å². The van der Waals surface area contributed by atoms with Gasteiger partial charge in [-0.15, -0.1) is 12.4 Å². The quantitative estimate of drug-likeness (QED) is 0.905. The Hall–Kier alpha value is -1.72. The number of furan rings is 1. The van der Waals surface area contributed by atoms with Gasteiger partial charge in [-0.25, -0.2) is 0 Å². The van der Waals surface area contributed by atoms with Crippen LogP contribution in [0.15, 0.2) is 28.9 Å². The summed E-state index contributed by atoms with van der Waals surface area (Å²) in [5, 5.41) is 7.23. The van der Waals surface area contributed by atoms with E-state index in [-0.39, 0.29) is 24.4 Å². The first-order valence-electron chi connectivity index (χ1n) is 6.80. The van der Waals surface area contributed by atoms with E-state index in [9.17, 15) is 4.79 Å². The second-order valence-electron chi connectivity index (χ2n) is 5.06. The predicted octanol–water partition coefficient (Wildman–Crippen LogP) is 1.88. The van der Waals surface area contributed by atoms with Crippen LogP contribution in [-0.2, 0) is 11.2 Å². The number of halogens is 1. The van der Waals surface area contributed by atoms with Crippen LogP contribution in [0.3, 0.4) is 0 Å². The molecule has 0 bridgehead atoms. The Balaban J connectivity index is 0.00000161. The number of amides is 1. The molecule has 6 heteroatoms. The van der Waals surface area contributed by atoms with E-state index in [0.717, 1.165) is 41.8 Å². The number of rotatable bonds is 4. The van der Waals surface area contributed by atoms with Crippen molar-refractivity contribution in [1.29, 1.82) is 0 Å². The molecule has 1 aliphatic heterocycles. The molecule has 2 aromatic rings. The molecule has 1 aliphatic rings. The number of hydrogen-bond acceptors (Lipinski definition) is 4. The van der Waals surface area contributed by atoms with Gasteiger partial charge in [-0.05, 0) is 25.1 Å². The highest BCUT2D eigenvalue weighted by Gasteiger charge is 2.18. The highest BCUT2D eigenvalue weighted by molar-refractivity contribution is 5.88. The third-order valence-corrected chi connectivity index (χ3v) is 3.64. The number of carbonyl (C=O) groups is 1. The molecular formula is C15H19ClN2O3. The maximum atomic E-state index is 12.0. The van der Waals surface area contributed by atoms with E-state index in [0.29, 0.717) is 6.42 Å². The lowest BCUT2D eigenvalue weighted by Crippen LogP contribution is -2.37. The van der Waals surface area contributed by atoms with Crippen molar-refractivity contribution in [2.45, 2.75) is 18.9 Å². The maximum Gasteiger partial charge on any atom is 0.224 e. The Bertz CT molecular complexity index is 620. The molecule has 21 heavy (non-hydrogen) atoms. The van der Waals surface area contributed by atoms with Gasteiger partial charge in [0.2, 0.25) is 5.91 Å². The van der Waals surface area contributed by atoms with Crippen LogP contribution in [0.25, 0.3) is 11.0 Å². The molecular weight excluding hydrogens is 292 g/mol. The summed E-state index contributed by atoms with van der Waals surface area (Å²) in [4.78, 5) is 12.0. The minimum absolute atomic E-state index is 0. The lowest BCUT2D eigenvalue weighted by Gasteiger charge is -2.10. The molecule has 2 heterocycles. The molecule has 0 saturated carbocycles. The molecule has 2 N–H and O–H groups in total. The Morgan fingerprint density at radius 1 is 1.52 bits per heavy atom. The first-order valence-corrected chi connectivity index (χ1v) is 6.80. The van der Waals surface area contributed by atoms with Crippen molar-refractivity contribution in [3.05, 3.63) is 30.0 Å². The van der Waals surface area contributed by atoms with Crippen molar-refractivity contribution in [2.75, 3.05) is 20.2 Å². The summed E-state index contributed by atoms with van der Waals surface area (Å²) < 4.78 is 10.6. The number of ether oxygens (including phenoxy) is 1. The van der Waals surface area contributed by atoms with Crippen LogP contribution < -0.4 is 15.4 Å². The summed E-state index contributed by atoms with van der Waals surface area (Å²) in [6, 6.07) is 5.88. The summed E-state index contributed by atoms with van der Waals surface area (Å²) in [5.74, 6) is 0.789. The number of methoxy groups -OCH3 is 1. The molecule has 1 saturated heterocycles. The second kappa shape index (κ2) is 6.83. The van der Waals surface area contributed by atoms with Crippen LogP contribution in [0.5, 0.6) is 5.75 Å². The molecule has 1 atom stereocenters. The van der Waals surface area contributed by atoms with E-state index in [4.69, 9.17) is 9.15 Å². The van der Waals surface area contributed by atoms with Gasteiger partial charge in [-0.3, -0.25) is 4.79 Å². The van der Waals surface area contributed by atoms with Crippen LogP contribution in [0.4, 0.5) is 0 Å². The van der Waals surface area contributed by atoms with Gasteiger partial charge >= 0.3 is 0 Å². The largest absolute Gasteiger partial charge is 0.497 e. The Morgan fingerprint density at radius 2 is 2.38 bits per heavy atom. The molecule has 5 nitrogen and oxygen atoms in total. The molecule has 1 aromatic heterocycles. The van der Waals surface area contributed by atoms with Crippen LogP contribution in [0.2, 0.25) is 0 Å². The summed E-state index contributed by atoms with van der Waals surface area (Å²) in [7, 11) is 1.62. The van der Waals surface area contributed by atoms with Crippen LogP contribution in [0.1, 0.15) is 12.0 Å². The average Bonchev–Trinajstić information content (AvgIpc) is 3.08. The fraction of sp³-hybridized carbons (Fsp3) is 0.400. The highest BCUT2D eigenvalue weighted by atomic mass is 35.5. The zero-order valence-electron chi connectivity index (χ0n) is 11.8. The summed E-state index contributed by atoms with van der Waals surface area (Å²) in [6.07, 6.45) is 2.99.